The summed E-state index contributed by atoms with van der Waals surface area (Å²) >= 11 is 0. The average molecular weight is 290 g/mol. The van der Waals surface area contributed by atoms with Crippen molar-refractivity contribution in [3.05, 3.63) is 23.8 Å². The van der Waals surface area contributed by atoms with Crippen LogP contribution in [0.25, 0.3) is 0 Å². The van der Waals surface area contributed by atoms with Crippen LogP contribution in [0, 0.1) is 11.8 Å². The van der Waals surface area contributed by atoms with Crippen LogP contribution in [0.4, 0.5) is 0 Å². The first-order chi connectivity index (χ1) is 10.1. The molecule has 1 heterocycles. The highest BCUT2D eigenvalue weighted by atomic mass is 16.5. The minimum atomic E-state index is -0.0177. The van der Waals surface area contributed by atoms with Crippen LogP contribution in [0.1, 0.15) is 29.6 Å². The van der Waals surface area contributed by atoms with Gasteiger partial charge in [0.25, 0.3) is 5.91 Å². The number of phenols is 1. The number of phenolic OH excluding ortho intramolecular Hbond substituents is 1. The number of aromatic hydroxyl groups is 1. The van der Waals surface area contributed by atoms with Crippen molar-refractivity contribution in [3.63, 3.8) is 0 Å². The van der Waals surface area contributed by atoms with Gasteiger partial charge in [-0.05, 0) is 49.3 Å². The average Bonchev–Trinajstić information content (AvgIpc) is 2.89. The van der Waals surface area contributed by atoms with Crippen molar-refractivity contribution in [3.8, 4) is 11.5 Å². The molecule has 0 spiro atoms. The zero-order valence-electron chi connectivity index (χ0n) is 12.3. The van der Waals surface area contributed by atoms with Gasteiger partial charge in [0.15, 0.2) is 11.5 Å². The van der Waals surface area contributed by atoms with Gasteiger partial charge in [-0.1, -0.05) is 0 Å². The Morgan fingerprint density at radius 3 is 2.81 bits per heavy atom. The van der Waals surface area contributed by atoms with E-state index in [4.69, 9.17) is 10.5 Å². The van der Waals surface area contributed by atoms with E-state index in [-0.39, 0.29) is 17.7 Å². The minimum Gasteiger partial charge on any atom is -0.504 e. The van der Waals surface area contributed by atoms with Crippen molar-refractivity contribution in [1.29, 1.82) is 0 Å². The molecule has 0 bridgehead atoms. The summed E-state index contributed by atoms with van der Waals surface area (Å²) in [6, 6.07) is 5.09. The second-order valence-electron chi connectivity index (χ2n) is 6.19. The van der Waals surface area contributed by atoms with Crippen LogP contribution in [0.5, 0.6) is 11.5 Å². The zero-order chi connectivity index (χ0) is 15.0. The number of fused-ring (bicyclic) bond motifs is 1. The smallest absolute Gasteiger partial charge is 0.254 e. The van der Waals surface area contributed by atoms with Crippen LogP contribution in [0.3, 0.4) is 0 Å². The van der Waals surface area contributed by atoms with E-state index in [1.54, 1.807) is 12.1 Å². The molecular formula is C16H22N2O3. The van der Waals surface area contributed by atoms with Gasteiger partial charge in [0.1, 0.15) is 0 Å². The van der Waals surface area contributed by atoms with E-state index >= 15 is 0 Å². The minimum absolute atomic E-state index is 0.00184. The third-order valence-electron chi connectivity index (χ3n) is 4.80. The number of rotatable bonds is 2. The first-order valence-corrected chi connectivity index (χ1v) is 7.50. The lowest BCUT2D eigenvalue weighted by Crippen LogP contribution is -2.32. The Labute approximate surface area is 124 Å². The van der Waals surface area contributed by atoms with Crippen LogP contribution in [0.15, 0.2) is 18.2 Å². The highest BCUT2D eigenvalue weighted by Crippen LogP contribution is 2.36. The Hall–Kier alpha value is -1.75. The number of hydrogen-bond acceptors (Lipinski definition) is 4. The number of nitrogens with two attached hydrogens (primary N) is 1. The largest absolute Gasteiger partial charge is 0.504 e. The monoisotopic (exact) mass is 290 g/mol. The van der Waals surface area contributed by atoms with Crippen LogP contribution in [-0.2, 0) is 0 Å². The number of ether oxygens (including phenoxy) is 1. The lowest BCUT2D eigenvalue weighted by Gasteiger charge is -2.27. The molecule has 0 radical (unpaired) electrons. The Bertz CT molecular complexity index is 546. The molecule has 114 valence electrons. The molecule has 1 aliphatic heterocycles. The summed E-state index contributed by atoms with van der Waals surface area (Å²) in [7, 11) is 1.49. The normalized spacial score (nSPS) is 28.3. The maximum Gasteiger partial charge on any atom is 0.254 e. The lowest BCUT2D eigenvalue weighted by atomic mass is 9.79. The maximum absolute atomic E-state index is 12.6. The Balaban J connectivity index is 1.73. The van der Waals surface area contributed by atoms with Crippen LogP contribution in [0.2, 0.25) is 0 Å². The number of methoxy groups -OCH3 is 1. The molecule has 1 aliphatic carbocycles. The summed E-state index contributed by atoms with van der Waals surface area (Å²) in [6.07, 6.45) is 3.19. The number of carbonyl (C=O) groups excluding carboxylic acids is 1. The highest BCUT2D eigenvalue weighted by molar-refractivity contribution is 5.95. The molecule has 1 aromatic rings. The quantitative estimate of drug-likeness (QED) is 0.867. The van der Waals surface area contributed by atoms with Crippen LogP contribution in [-0.4, -0.2) is 42.2 Å². The fourth-order valence-corrected chi connectivity index (χ4v) is 3.64. The predicted octanol–water partition coefficient (Wildman–Crippen LogP) is 1.60. The molecule has 1 saturated heterocycles. The van der Waals surface area contributed by atoms with Gasteiger partial charge >= 0.3 is 0 Å². The van der Waals surface area contributed by atoms with E-state index < -0.39 is 0 Å². The standard InChI is InChI=1S/C16H22N2O3/c1-21-15-5-3-10(7-14(15)19)16(20)18-8-11-2-4-13(17)6-12(11)9-18/h3,5,7,11-13,19H,2,4,6,8-9,17H2,1H3/t11-,12+,13?/m1/s1. The first-order valence-electron chi connectivity index (χ1n) is 7.50. The molecule has 1 saturated carbocycles. The second-order valence-corrected chi connectivity index (χ2v) is 6.19. The Morgan fingerprint density at radius 2 is 2.10 bits per heavy atom. The van der Waals surface area contributed by atoms with Gasteiger partial charge in [-0.25, -0.2) is 0 Å². The van der Waals surface area contributed by atoms with Gasteiger partial charge in [-0.2, -0.15) is 0 Å². The summed E-state index contributed by atoms with van der Waals surface area (Å²) < 4.78 is 5.01. The summed E-state index contributed by atoms with van der Waals surface area (Å²) in [5, 5.41) is 9.81. The summed E-state index contributed by atoms with van der Waals surface area (Å²) in [4.78, 5) is 14.5. The fourth-order valence-electron chi connectivity index (χ4n) is 3.64. The van der Waals surface area contributed by atoms with E-state index in [1.807, 2.05) is 4.90 Å². The number of amides is 1. The summed E-state index contributed by atoms with van der Waals surface area (Å²) in [5.74, 6) is 1.48. The molecule has 1 amide bonds. The number of benzene rings is 1. The molecule has 5 heteroatoms. The van der Waals surface area contributed by atoms with E-state index in [1.165, 1.54) is 13.2 Å². The molecule has 1 aromatic carbocycles. The maximum atomic E-state index is 12.6. The molecular weight excluding hydrogens is 268 g/mol. The predicted molar refractivity (Wildman–Crippen MR) is 79.4 cm³/mol. The van der Waals surface area contributed by atoms with Gasteiger partial charge in [-0.3, -0.25) is 4.79 Å². The number of likely N-dealkylation sites (tertiary alicyclic amines) is 1. The second kappa shape index (κ2) is 5.56. The molecule has 3 N–H and O–H groups in total. The molecule has 1 unspecified atom stereocenters. The number of hydrogen-bond donors (Lipinski definition) is 2. The summed E-state index contributed by atoms with van der Waals surface area (Å²) in [5.41, 5.74) is 6.54. The van der Waals surface area contributed by atoms with Crippen molar-refractivity contribution >= 4 is 5.91 Å². The third kappa shape index (κ3) is 2.70. The van der Waals surface area contributed by atoms with E-state index in [9.17, 15) is 9.90 Å². The van der Waals surface area contributed by atoms with E-state index in [0.29, 0.717) is 23.1 Å². The molecule has 0 aromatic heterocycles. The first kappa shape index (κ1) is 14.2. The van der Waals surface area contributed by atoms with Crippen molar-refractivity contribution < 1.29 is 14.6 Å². The number of nitrogens with zero attached hydrogens (tertiary/aromatic N) is 1. The Kier molecular flexibility index (Phi) is 3.76. The molecule has 5 nitrogen and oxygen atoms in total. The molecule has 2 fully saturated rings. The van der Waals surface area contributed by atoms with Crippen molar-refractivity contribution in [1.82, 2.24) is 4.90 Å². The Morgan fingerprint density at radius 1 is 1.33 bits per heavy atom. The highest BCUT2D eigenvalue weighted by Gasteiger charge is 2.38. The molecule has 3 atom stereocenters. The van der Waals surface area contributed by atoms with Gasteiger partial charge in [-0.15, -0.1) is 0 Å². The third-order valence-corrected chi connectivity index (χ3v) is 4.80. The van der Waals surface area contributed by atoms with E-state index in [2.05, 4.69) is 0 Å². The summed E-state index contributed by atoms with van der Waals surface area (Å²) in [6.45, 7) is 1.59. The molecule has 3 rings (SSSR count). The topological polar surface area (TPSA) is 75.8 Å². The van der Waals surface area contributed by atoms with Crippen molar-refractivity contribution in [2.45, 2.75) is 25.3 Å². The molecule has 2 aliphatic rings. The van der Waals surface area contributed by atoms with Crippen LogP contribution < -0.4 is 10.5 Å². The van der Waals surface area contributed by atoms with E-state index in [0.717, 1.165) is 32.4 Å². The van der Waals surface area contributed by atoms with Crippen LogP contribution >= 0.6 is 0 Å². The van der Waals surface area contributed by atoms with Gasteiger partial charge in [0, 0.05) is 24.7 Å². The lowest BCUT2D eigenvalue weighted by molar-refractivity contribution is 0.0783. The van der Waals surface area contributed by atoms with Gasteiger partial charge in [0.2, 0.25) is 0 Å². The molecule has 21 heavy (non-hydrogen) atoms. The SMILES string of the molecule is COc1ccc(C(=O)N2C[C@H]3CCC(N)C[C@H]3C2)cc1O. The van der Waals surface area contributed by atoms with Crippen molar-refractivity contribution in [2.75, 3.05) is 20.2 Å². The van der Waals surface area contributed by atoms with Gasteiger partial charge < -0.3 is 20.5 Å². The fraction of sp³-hybridized carbons (Fsp3) is 0.562. The zero-order valence-corrected chi connectivity index (χ0v) is 12.3. The van der Waals surface area contributed by atoms with Gasteiger partial charge in [0.05, 0.1) is 7.11 Å². The van der Waals surface area contributed by atoms with Crippen molar-refractivity contribution in [2.24, 2.45) is 17.6 Å². The number of carbonyl (C=O) groups is 1.